The lowest BCUT2D eigenvalue weighted by Gasteiger charge is -2.36. The number of hydrogen-bond acceptors (Lipinski definition) is 0. The summed E-state index contributed by atoms with van der Waals surface area (Å²) in [4.78, 5) is 0. The third-order valence-corrected chi connectivity index (χ3v) is 4.65. The van der Waals surface area contributed by atoms with Crippen molar-refractivity contribution >= 4 is 11.6 Å². The van der Waals surface area contributed by atoms with Crippen molar-refractivity contribution in [1.82, 2.24) is 0 Å². The molecule has 0 aromatic heterocycles. The van der Waals surface area contributed by atoms with Gasteiger partial charge in [0.05, 0.1) is 0 Å². The molecule has 0 saturated heterocycles. The SMILES string of the molecule is C=CC1=c2c(ccc/c2=C/C)C(C(C)C)C1C(C)(C)C. The highest BCUT2D eigenvalue weighted by Gasteiger charge is 2.41. The van der Waals surface area contributed by atoms with Crippen LogP contribution in [0.2, 0.25) is 0 Å². The Morgan fingerprint density at radius 3 is 2.30 bits per heavy atom. The van der Waals surface area contributed by atoms with Gasteiger partial charge in [-0.1, -0.05) is 71.5 Å². The van der Waals surface area contributed by atoms with Crippen LogP contribution >= 0.6 is 0 Å². The Morgan fingerprint density at radius 2 is 1.85 bits per heavy atom. The van der Waals surface area contributed by atoms with Crippen molar-refractivity contribution in [2.45, 2.75) is 47.5 Å². The van der Waals surface area contributed by atoms with Gasteiger partial charge in [0.15, 0.2) is 0 Å². The van der Waals surface area contributed by atoms with Crippen molar-refractivity contribution < 1.29 is 0 Å². The third-order valence-electron chi connectivity index (χ3n) is 4.65. The van der Waals surface area contributed by atoms with Crippen LogP contribution in [0.4, 0.5) is 0 Å². The summed E-state index contributed by atoms with van der Waals surface area (Å²) in [6.45, 7) is 18.0. The van der Waals surface area contributed by atoms with Crippen molar-refractivity contribution in [3.05, 3.63) is 46.9 Å². The van der Waals surface area contributed by atoms with Crippen LogP contribution in [-0.2, 0) is 0 Å². The second-order valence-corrected chi connectivity index (χ2v) is 7.37. The Morgan fingerprint density at radius 1 is 1.20 bits per heavy atom. The predicted octanol–water partition coefficient (Wildman–Crippen LogP) is 4.24. The highest BCUT2D eigenvalue weighted by atomic mass is 14.4. The molecule has 1 aromatic carbocycles. The number of benzene rings is 1. The van der Waals surface area contributed by atoms with Crippen molar-refractivity contribution in [2.24, 2.45) is 17.3 Å². The van der Waals surface area contributed by atoms with E-state index in [1.54, 1.807) is 0 Å². The number of fused-ring (bicyclic) bond motifs is 1. The van der Waals surface area contributed by atoms with Crippen LogP contribution in [0.15, 0.2) is 30.9 Å². The lowest BCUT2D eigenvalue weighted by Crippen LogP contribution is -2.27. The molecular weight excluding hydrogens is 240 g/mol. The van der Waals surface area contributed by atoms with Crippen molar-refractivity contribution in [1.29, 1.82) is 0 Å². The van der Waals surface area contributed by atoms with Gasteiger partial charge in [-0.15, -0.1) is 0 Å². The topological polar surface area (TPSA) is 0 Å². The number of rotatable bonds is 2. The highest BCUT2D eigenvalue weighted by molar-refractivity contribution is 5.66. The summed E-state index contributed by atoms with van der Waals surface area (Å²) in [5.74, 6) is 1.79. The van der Waals surface area contributed by atoms with Gasteiger partial charge in [0.2, 0.25) is 0 Å². The molecule has 0 amide bonds. The minimum atomic E-state index is 0.252. The molecule has 0 heterocycles. The van der Waals surface area contributed by atoms with Crippen LogP contribution in [0.1, 0.15) is 53.0 Å². The zero-order valence-electron chi connectivity index (χ0n) is 13.8. The lowest BCUT2D eigenvalue weighted by atomic mass is 9.67. The molecule has 0 radical (unpaired) electrons. The average Bonchev–Trinajstić information content (AvgIpc) is 2.72. The number of hydrogen-bond donors (Lipinski definition) is 0. The first-order valence-corrected chi connectivity index (χ1v) is 7.74. The van der Waals surface area contributed by atoms with E-state index in [2.05, 4.69) is 78.5 Å². The molecule has 0 N–H and O–H groups in total. The first-order valence-electron chi connectivity index (χ1n) is 7.74. The van der Waals surface area contributed by atoms with Crippen molar-refractivity contribution in [2.75, 3.05) is 0 Å². The Labute approximate surface area is 123 Å². The maximum absolute atomic E-state index is 4.12. The standard InChI is InChI=1S/C20H28/c1-8-14-11-10-12-16-17(13(3)4)19(20(5,6)7)15(9-2)18(14)16/h8-13,17,19H,2H2,1,3-7H3/b14-8-. The first kappa shape index (κ1) is 15.1. The van der Waals surface area contributed by atoms with Crippen LogP contribution in [0.3, 0.4) is 0 Å². The molecule has 0 spiro atoms. The molecule has 2 atom stereocenters. The molecule has 1 aliphatic carbocycles. The van der Waals surface area contributed by atoms with Crippen LogP contribution in [0, 0.1) is 17.3 Å². The van der Waals surface area contributed by atoms with Gasteiger partial charge in [0.25, 0.3) is 0 Å². The third kappa shape index (κ3) is 2.26. The van der Waals surface area contributed by atoms with E-state index in [-0.39, 0.29) is 5.41 Å². The summed E-state index contributed by atoms with van der Waals surface area (Å²) < 4.78 is 0. The predicted molar refractivity (Wildman–Crippen MR) is 90.0 cm³/mol. The molecule has 2 rings (SSSR count). The van der Waals surface area contributed by atoms with Gasteiger partial charge in [-0.05, 0) is 51.7 Å². The quantitative estimate of drug-likeness (QED) is 0.752. The number of allylic oxidation sites excluding steroid dienone is 1. The molecule has 0 nitrogen and oxygen atoms in total. The first-order chi connectivity index (χ1) is 9.32. The molecule has 0 fully saturated rings. The second-order valence-electron chi connectivity index (χ2n) is 7.37. The molecule has 0 bridgehead atoms. The highest BCUT2D eigenvalue weighted by Crippen LogP contribution is 2.48. The molecular formula is C20H28. The van der Waals surface area contributed by atoms with E-state index in [0.717, 1.165) is 0 Å². The monoisotopic (exact) mass is 268 g/mol. The maximum atomic E-state index is 4.12. The average molecular weight is 268 g/mol. The van der Waals surface area contributed by atoms with E-state index >= 15 is 0 Å². The van der Waals surface area contributed by atoms with Gasteiger partial charge in [0, 0.05) is 0 Å². The molecule has 1 aromatic rings. The lowest BCUT2D eigenvalue weighted by molar-refractivity contribution is 0.235. The normalized spacial score (nSPS) is 23.4. The summed E-state index contributed by atoms with van der Waals surface area (Å²) in [7, 11) is 0. The van der Waals surface area contributed by atoms with Crippen LogP contribution in [0.25, 0.3) is 11.6 Å². The summed E-state index contributed by atoms with van der Waals surface area (Å²) in [5, 5.41) is 2.80. The molecule has 0 aliphatic heterocycles. The van der Waals surface area contributed by atoms with Crippen molar-refractivity contribution in [3.63, 3.8) is 0 Å². The van der Waals surface area contributed by atoms with Gasteiger partial charge in [-0.25, -0.2) is 0 Å². The Hall–Kier alpha value is -1.30. The second kappa shape index (κ2) is 5.24. The van der Waals surface area contributed by atoms with Crippen LogP contribution in [-0.4, -0.2) is 0 Å². The zero-order chi connectivity index (χ0) is 15.1. The molecule has 2 unspecified atom stereocenters. The molecule has 1 aliphatic rings. The Balaban J connectivity index is 2.88. The fraction of sp³-hybridized carbons (Fsp3) is 0.500. The minimum Gasteiger partial charge on any atom is -0.0988 e. The fourth-order valence-corrected chi connectivity index (χ4v) is 3.95. The largest absolute Gasteiger partial charge is 0.0988 e. The minimum absolute atomic E-state index is 0.252. The summed E-state index contributed by atoms with van der Waals surface area (Å²) in [5.41, 5.74) is 3.22. The van der Waals surface area contributed by atoms with Gasteiger partial charge < -0.3 is 0 Å². The smallest absolute Gasteiger partial charge is 0.00357 e. The summed E-state index contributed by atoms with van der Waals surface area (Å²) >= 11 is 0. The van der Waals surface area contributed by atoms with Crippen molar-refractivity contribution in [3.8, 4) is 0 Å². The molecule has 20 heavy (non-hydrogen) atoms. The molecule has 108 valence electrons. The van der Waals surface area contributed by atoms with E-state index in [4.69, 9.17) is 0 Å². The van der Waals surface area contributed by atoms with Gasteiger partial charge >= 0.3 is 0 Å². The summed E-state index contributed by atoms with van der Waals surface area (Å²) in [6.07, 6.45) is 4.33. The zero-order valence-corrected chi connectivity index (χ0v) is 13.8. The van der Waals surface area contributed by atoms with E-state index in [9.17, 15) is 0 Å². The Bertz CT molecular complexity index is 623. The summed E-state index contributed by atoms with van der Waals surface area (Å²) in [6, 6.07) is 6.75. The van der Waals surface area contributed by atoms with Crippen LogP contribution in [0.5, 0.6) is 0 Å². The van der Waals surface area contributed by atoms with Crippen LogP contribution < -0.4 is 10.4 Å². The molecule has 0 heteroatoms. The van der Waals surface area contributed by atoms with E-state index in [1.165, 1.54) is 21.6 Å². The maximum Gasteiger partial charge on any atom is -0.00357 e. The van der Waals surface area contributed by atoms with Gasteiger partial charge in [0.1, 0.15) is 0 Å². The molecule has 0 saturated carbocycles. The van der Waals surface area contributed by atoms with Gasteiger partial charge in [-0.3, -0.25) is 0 Å². The Kier molecular flexibility index (Phi) is 3.95. The van der Waals surface area contributed by atoms with Gasteiger partial charge in [-0.2, -0.15) is 0 Å². The van der Waals surface area contributed by atoms with E-state index in [1.807, 2.05) is 0 Å². The fourth-order valence-electron chi connectivity index (χ4n) is 3.95. The van der Waals surface area contributed by atoms with E-state index in [0.29, 0.717) is 17.8 Å². The van der Waals surface area contributed by atoms with E-state index < -0.39 is 0 Å².